The molecule has 1 aromatic carbocycles. The molecule has 0 radical (unpaired) electrons. The van der Waals surface area contributed by atoms with Gasteiger partial charge in [0.25, 0.3) is 0 Å². The molecule has 1 fully saturated rings. The quantitative estimate of drug-likeness (QED) is 0.546. The highest BCUT2D eigenvalue weighted by molar-refractivity contribution is 7.89. The Balaban J connectivity index is 1.65. The summed E-state index contributed by atoms with van der Waals surface area (Å²) in [4.78, 5) is 4.44. The first kappa shape index (κ1) is 18.6. The molecule has 2 aromatic rings. The van der Waals surface area contributed by atoms with Crippen molar-refractivity contribution in [1.29, 1.82) is 0 Å². The molecule has 3 rings (SSSR count). The van der Waals surface area contributed by atoms with Gasteiger partial charge in [-0.2, -0.15) is 4.31 Å². The second-order valence-electron chi connectivity index (χ2n) is 7.89. The van der Waals surface area contributed by atoms with Crippen LogP contribution in [-0.2, 0) is 28.0 Å². The first-order chi connectivity index (χ1) is 11.7. The van der Waals surface area contributed by atoms with E-state index >= 15 is 0 Å². The highest BCUT2D eigenvalue weighted by Gasteiger charge is 2.28. The number of benzene rings is 1. The number of fused-ring (bicyclic) bond motifs is 1. The predicted molar refractivity (Wildman–Crippen MR) is 103 cm³/mol. The summed E-state index contributed by atoms with van der Waals surface area (Å²) >= 11 is 0. The van der Waals surface area contributed by atoms with Gasteiger partial charge in [-0.1, -0.05) is 25.7 Å². The van der Waals surface area contributed by atoms with E-state index in [-0.39, 0.29) is 5.75 Å². The zero-order valence-electron chi connectivity index (χ0n) is 15.2. The van der Waals surface area contributed by atoms with Crippen LogP contribution in [0.3, 0.4) is 0 Å². The minimum atomic E-state index is -3.07. The van der Waals surface area contributed by atoms with E-state index in [9.17, 15) is 8.42 Å². The summed E-state index contributed by atoms with van der Waals surface area (Å²) in [6.45, 7) is 9.33. The molecule has 138 valence electrons. The van der Waals surface area contributed by atoms with Crippen LogP contribution in [0.5, 0.6) is 0 Å². The van der Waals surface area contributed by atoms with Crippen LogP contribution in [0.1, 0.15) is 12.0 Å². The molecule has 0 bridgehead atoms. The summed E-state index contributed by atoms with van der Waals surface area (Å²) in [7, 11) is -4.14. The lowest BCUT2D eigenvalue weighted by molar-refractivity contribution is 0.0898. The molecule has 1 aliphatic rings. The number of rotatable bonds is 7. The van der Waals surface area contributed by atoms with Gasteiger partial charge in [0.1, 0.15) is 6.73 Å². The Morgan fingerprint density at radius 3 is 2.76 bits per heavy atom. The Morgan fingerprint density at radius 2 is 2.08 bits per heavy atom. The molecule has 1 aromatic heterocycles. The number of nitrogens with zero attached hydrogens (tertiary/aromatic N) is 3. The smallest absolute Gasteiger partial charge is 0.214 e. The Kier molecular flexibility index (Phi) is 5.33. The van der Waals surface area contributed by atoms with E-state index in [2.05, 4.69) is 24.6 Å². The first-order valence-corrected chi connectivity index (χ1v) is 14.1. The molecule has 8 heteroatoms. The summed E-state index contributed by atoms with van der Waals surface area (Å²) in [5, 5.41) is 0. The monoisotopic (exact) mass is 381 g/mol. The highest BCUT2D eigenvalue weighted by Crippen LogP contribution is 2.20. The average Bonchev–Trinajstić information content (AvgIpc) is 3.06. The van der Waals surface area contributed by atoms with Gasteiger partial charge < -0.3 is 9.30 Å². The van der Waals surface area contributed by atoms with E-state index in [4.69, 9.17) is 4.74 Å². The van der Waals surface area contributed by atoms with E-state index in [0.29, 0.717) is 26.2 Å². The standard InChI is InChI=1S/C17H27N3O3SSi/c1-25(2,3)10-8-23-14-19-13-18-16-11-15(5-6-17(16)19)12-20-7-4-9-24(20,21)22/h5-6,11,13H,4,7-10,12,14H2,1-3H3. The van der Waals surface area contributed by atoms with Gasteiger partial charge in [0.15, 0.2) is 0 Å². The Hall–Kier alpha value is -1.22. The minimum Gasteiger partial charge on any atom is -0.361 e. The lowest BCUT2D eigenvalue weighted by atomic mass is 10.2. The topological polar surface area (TPSA) is 64.4 Å². The molecule has 1 aliphatic heterocycles. The molecule has 0 aliphatic carbocycles. The number of sulfonamides is 1. The van der Waals surface area contributed by atoms with Crippen LogP contribution in [0.15, 0.2) is 24.5 Å². The van der Waals surface area contributed by atoms with Gasteiger partial charge in [-0.15, -0.1) is 0 Å². The molecule has 1 saturated heterocycles. The van der Waals surface area contributed by atoms with Crippen molar-refractivity contribution < 1.29 is 13.2 Å². The summed E-state index contributed by atoms with van der Waals surface area (Å²) in [5.74, 6) is 0.263. The maximum Gasteiger partial charge on any atom is 0.214 e. The molecule has 0 saturated carbocycles. The van der Waals surface area contributed by atoms with E-state index in [0.717, 1.165) is 29.2 Å². The van der Waals surface area contributed by atoms with Crippen molar-refractivity contribution in [2.45, 2.75) is 45.4 Å². The summed E-state index contributed by atoms with van der Waals surface area (Å²) in [5.41, 5.74) is 2.87. The summed E-state index contributed by atoms with van der Waals surface area (Å²) in [6.07, 6.45) is 2.50. The van der Waals surface area contributed by atoms with Gasteiger partial charge in [-0.05, 0) is 30.2 Å². The van der Waals surface area contributed by atoms with Crippen molar-refractivity contribution in [2.75, 3.05) is 18.9 Å². The average molecular weight is 382 g/mol. The second kappa shape index (κ2) is 7.18. The van der Waals surface area contributed by atoms with Crippen LogP contribution in [0.4, 0.5) is 0 Å². The van der Waals surface area contributed by atoms with Gasteiger partial charge in [-0.25, -0.2) is 13.4 Å². The fourth-order valence-electron chi connectivity index (χ4n) is 2.92. The molecule has 0 spiro atoms. The molecule has 6 nitrogen and oxygen atoms in total. The van der Waals surface area contributed by atoms with E-state index in [1.54, 1.807) is 10.6 Å². The van der Waals surface area contributed by atoms with Crippen molar-refractivity contribution in [2.24, 2.45) is 0 Å². The summed E-state index contributed by atoms with van der Waals surface area (Å²) in [6, 6.07) is 7.11. The largest absolute Gasteiger partial charge is 0.361 e. The molecule has 2 heterocycles. The van der Waals surface area contributed by atoms with E-state index < -0.39 is 18.1 Å². The predicted octanol–water partition coefficient (Wildman–Crippen LogP) is 2.88. The highest BCUT2D eigenvalue weighted by atomic mass is 32.2. The second-order valence-corrected chi connectivity index (χ2v) is 15.6. The summed E-state index contributed by atoms with van der Waals surface area (Å²) < 4.78 is 33.2. The molecule has 0 amide bonds. The zero-order valence-corrected chi connectivity index (χ0v) is 17.1. The van der Waals surface area contributed by atoms with Gasteiger partial charge in [0, 0.05) is 27.8 Å². The Morgan fingerprint density at radius 1 is 1.28 bits per heavy atom. The third-order valence-corrected chi connectivity index (χ3v) is 8.08. The number of hydrogen-bond donors (Lipinski definition) is 0. The van der Waals surface area contributed by atoms with Crippen LogP contribution in [0, 0.1) is 0 Å². The first-order valence-electron chi connectivity index (χ1n) is 8.74. The van der Waals surface area contributed by atoms with Gasteiger partial charge in [0.2, 0.25) is 10.0 Å². The lowest BCUT2D eigenvalue weighted by Gasteiger charge is -2.16. The fraction of sp³-hybridized carbons (Fsp3) is 0.588. The third kappa shape index (κ3) is 4.69. The maximum atomic E-state index is 11.9. The SMILES string of the molecule is C[Si](C)(C)CCOCn1cnc2cc(CN3CCCS3(=O)=O)ccc21. The van der Waals surface area contributed by atoms with Crippen molar-refractivity contribution >= 4 is 29.1 Å². The number of ether oxygens (including phenoxy) is 1. The van der Waals surface area contributed by atoms with Gasteiger partial charge in [0.05, 0.1) is 23.1 Å². The molecule has 0 N–H and O–H groups in total. The van der Waals surface area contributed by atoms with Gasteiger partial charge in [-0.3, -0.25) is 0 Å². The van der Waals surface area contributed by atoms with Crippen LogP contribution in [-0.4, -0.2) is 49.3 Å². The fourth-order valence-corrected chi connectivity index (χ4v) is 5.19. The van der Waals surface area contributed by atoms with Crippen LogP contribution >= 0.6 is 0 Å². The molecule has 0 unspecified atom stereocenters. The number of hydrogen-bond acceptors (Lipinski definition) is 4. The number of aromatic nitrogens is 2. The minimum absolute atomic E-state index is 0.263. The number of imidazole rings is 1. The van der Waals surface area contributed by atoms with Gasteiger partial charge >= 0.3 is 0 Å². The van der Waals surface area contributed by atoms with Crippen LogP contribution in [0.2, 0.25) is 25.7 Å². The molecule has 25 heavy (non-hydrogen) atoms. The van der Waals surface area contributed by atoms with Crippen LogP contribution < -0.4 is 0 Å². The van der Waals surface area contributed by atoms with Crippen molar-refractivity contribution in [1.82, 2.24) is 13.9 Å². The molecular weight excluding hydrogens is 354 g/mol. The van der Waals surface area contributed by atoms with E-state index in [1.165, 1.54) is 0 Å². The molecule has 0 atom stereocenters. The van der Waals surface area contributed by atoms with Crippen molar-refractivity contribution in [3.05, 3.63) is 30.1 Å². The normalized spacial score (nSPS) is 18.2. The lowest BCUT2D eigenvalue weighted by Crippen LogP contribution is -2.25. The molecular formula is C17H27N3O3SSi. The van der Waals surface area contributed by atoms with Crippen molar-refractivity contribution in [3.63, 3.8) is 0 Å². The Bertz CT molecular complexity index is 842. The third-order valence-electron chi connectivity index (χ3n) is 4.47. The van der Waals surface area contributed by atoms with Crippen LogP contribution in [0.25, 0.3) is 11.0 Å². The Labute approximate surface area is 150 Å². The van der Waals surface area contributed by atoms with Crippen molar-refractivity contribution in [3.8, 4) is 0 Å². The maximum absolute atomic E-state index is 11.9. The zero-order chi connectivity index (χ0) is 18.1. The van der Waals surface area contributed by atoms with E-state index in [1.807, 2.05) is 22.8 Å².